The summed E-state index contributed by atoms with van der Waals surface area (Å²) in [7, 11) is 0. The van der Waals surface area contributed by atoms with Crippen molar-refractivity contribution in [1.29, 1.82) is 0 Å². The van der Waals surface area contributed by atoms with Crippen molar-refractivity contribution in [3.05, 3.63) is 62.6 Å². The first-order valence-electron chi connectivity index (χ1n) is 6.06. The van der Waals surface area contributed by atoms with Gasteiger partial charge in [-0.2, -0.15) is 0 Å². The summed E-state index contributed by atoms with van der Waals surface area (Å²) in [4.78, 5) is 23.5. The Kier molecular flexibility index (Phi) is 4.65. The maximum Gasteiger partial charge on any atom is 0.256 e. The van der Waals surface area contributed by atoms with Gasteiger partial charge in [0.15, 0.2) is 0 Å². The molecule has 4 nitrogen and oxygen atoms in total. The molecule has 21 heavy (non-hydrogen) atoms. The highest BCUT2D eigenvalue weighted by atomic mass is 79.9. The number of nitrogens with one attached hydrogen (secondary N) is 1. The minimum Gasteiger partial charge on any atom is -0.366 e. The summed E-state index contributed by atoms with van der Waals surface area (Å²) in [5.74, 6) is -0.934. The first-order chi connectivity index (χ1) is 9.90. The van der Waals surface area contributed by atoms with Gasteiger partial charge in [-0.05, 0) is 52.7 Å². The van der Waals surface area contributed by atoms with Crippen LogP contribution in [0.15, 0.2) is 40.9 Å². The average Bonchev–Trinajstić information content (AvgIpc) is 2.43. The van der Waals surface area contributed by atoms with Crippen molar-refractivity contribution in [3.8, 4) is 0 Å². The third kappa shape index (κ3) is 3.43. The number of aryl methyl sites for hydroxylation is 1. The van der Waals surface area contributed by atoms with Crippen LogP contribution >= 0.6 is 27.5 Å². The number of nitrogens with two attached hydrogens (primary N) is 1. The average molecular weight is 368 g/mol. The number of primary amides is 1. The van der Waals surface area contributed by atoms with E-state index in [0.29, 0.717) is 11.3 Å². The van der Waals surface area contributed by atoms with Gasteiger partial charge in [-0.3, -0.25) is 9.59 Å². The summed E-state index contributed by atoms with van der Waals surface area (Å²) in [6.45, 7) is 1.90. The predicted molar refractivity (Wildman–Crippen MR) is 86.8 cm³/mol. The summed E-state index contributed by atoms with van der Waals surface area (Å²) < 4.78 is 0.728. The molecule has 0 aliphatic carbocycles. The zero-order valence-corrected chi connectivity index (χ0v) is 13.5. The second-order valence-electron chi connectivity index (χ2n) is 4.45. The molecule has 0 aromatic heterocycles. The van der Waals surface area contributed by atoms with Gasteiger partial charge in [0.1, 0.15) is 0 Å². The molecule has 2 aromatic carbocycles. The van der Waals surface area contributed by atoms with E-state index in [4.69, 9.17) is 17.3 Å². The standard InChI is InChI=1S/C15H12BrClN2O2/c1-8-3-2-4-10(13(8)16)15(21)19-9-5-6-12(17)11(7-9)14(18)20/h2-7H,1H3,(H2,18,20)(H,19,21). The van der Waals surface area contributed by atoms with E-state index in [2.05, 4.69) is 21.2 Å². The Labute approximate surface area is 135 Å². The lowest BCUT2D eigenvalue weighted by molar-refractivity contribution is 0.0996. The number of hydrogen-bond donors (Lipinski definition) is 2. The molecule has 108 valence electrons. The first kappa shape index (κ1) is 15.5. The normalized spacial score (nSPS) is 10.2. The molecule has 2 rings (SSSR count). The van der Waals surface area contributed by atoms with Gasteiger partial charge < -0.3 is 11.1 Å². The third-order valence-electron chi connectivity index (χ3n) is 2.93. The van der Waals surface area contributed by atoms with E-state index >= 15 is 0 Å². The van der Waals surface area contributed by atoms with Gasteiger partial charge in [0.25, 0.3) is 5.91 Å². The van der Waals surface area contributed by atoms with Gasteiger partial charge in [0, 0.05) is 10.2 Å². The molecule has 2 amide bonds. The highest BCUT2D eigenvalue weighted by Gasteiger charge is 2.13. The highest BCUT2D eigenvalue weighted by Crippen LogP contribution is 2.24. The van der Waals surface area contributed by atoms with Crippen molar-refractivity contribution in [3.63, 3.8) is 0 Å². The largest absolute Gasteiger partial charge is 0.366 e. The number of amides is 2. The Morgan fingerprint density at radius 2 is 1.90 bits per heavy atom. The molecule has 0 atom stereocenters. The van der Waals surface area contributed by atoms with E-state index in [1.165, 1.54) is 12.1 Å². The number of rotatable bonds is 3. The van der Waals surface area contributed by atoms with Crippen LogP contribution in [0.5, 0.6) is 0 Å². The number of carbonyl (C=O) groups excluding carboxylic acids is 2. The molecule has 0 bridgehead atoms. The highest BCUT2D eigenvalue weighted by molar-refractivity contribution is 9.10. The van der Waals surface area contributed by atoms with Crippen molar-refractivity contribution in [2.24, 2.45) is 5.73 Å². The maximum absolute atomic E-state index is 12.3. The van der Waals surface area contributed by atoms with Crippen LogP contribution in [0.4, 0.5) is 5.69 Å². The van der Waals surface area contributed by atoms with Crippen LogP contribution in [0.1, 0.15) is 26.3 Å². The molecule has 0 spiro atoms. The fraction of sp³-hybridized carbons (Fsp3) is 0.0667. The molecule has 0 unspecified atom stereocenters. The zero-order chi connectivity index (χ0) is 15.6. The van der Waals surface area contributed by atoms with Crippen molar-refractivity contribution in [1.82, 2.24) is 0 Å². The number of benzene rings is 2. The zero-order valence-electron chi connectivity index (χ0n) is 11.1. The van der Waals surface area contributed by atoms with Gasteiger partial charge in [0.2, 0.25) is 5.91 Å². The van der Waals surface area contributed by atoms with Gasteiger partial charge in [-0.1, -0.05) is 23.7 Å². The van der Waals surface area contributed by atoms with Crippen LogP contribution in [-0.2, 0) is 0 Å². The fourth-order valence-electron chi connectivity index (χ4n) is 1.81. The molecule has 0 aliphatic heterocycles. The van der Waals surface area contributed by atoms with Crippen molar-refractivity contribution in [2.45, 2.75) is 6.92 Å². The monoisotopic (exact) mass is 366 g/mol. The SMILES string of the molecule is Cc1cccc(C(=O)Nc2ccc(Cl)c(C(N)=O)c2)c1Br. The maximum atomic E-state index is 12.3. The topological polar surface area (TPSA) is 72.2 Å². The summed E-state index contributed by atoms with van der Waals surface area (Å²) in [5, 5.41) is 2.96. The summed E-state index contributed by atoms with van der Waals surface area (Å²) in [6, 6.07) is 9.97. The molecule has 0 aliphatic rings. The van der Waals surface area contributed by atoms with E-state index in [1.54, 1.807) is 18.2 Å². The van der Waals surface area contributed by atoms with Crippen molar-refractivity contribution >= 4 is 45.0 Å². The molecular weight excluding hydrogens is 356 g/mol. The van der Waals surface area contributed by atoms with E-state index in [1.807, 2.05) is 13.0 Å². The smallest absolute Gasteiger partial charge is 0.256 e. The van der Waals surface area contributed by atoms with Gasteiger partial charge >= 0.3 is 0 Å². The molecular formula is C15H12BrClN2O2. The fourth-order valence-corrected chi connectivity index (χ4v) is 2.47. The van der Waals surface area contributed by atoms with E-state index in [0.717, 1.165) is 10.0 Å². The lowest BCUT2D eigenvalue weighted by Gasteiger charge is -2.10. The van der Waals surface area contributed by atoms with E-state index < -0.39 is 5.91 Å². The van der Waals surface area contributed by atoms with Crippen LogP contribution in [0.25, 0.3) is 0 Å². The molecule has 0 fully saturated rings. The lowest BCUT2D eigenvalue weighted by atomic mass is 10.1. The Morgan fingerprint density at radius 3 is 2.57 bits per heavy atom. The molecule has 0 radical (unpaired) electrons. The van der Waals surface area contributed by atoms with E-state index in [-0.39, 0.29) is 16.5 Å². The third-order valence-corrected chi connectivity index (χ3v) is 4.31. The Balaban J connectivity index is 2.30. The summed E-state index contributed by atoms with van der Waals surface area (Å²) in [5.41, 5.74) is 7.30. The van der Waals surface area contributed by atoms with E-state index in [9.17, 15) is 9.59 Å². The molecule has 3 N–H and O–H groups in total. The van der Waals surface area contributed by atoms with Gasteiger partial charge in [0.05, 0.1) is 16.1 Å². The van der Waals surface area contributed by atoms with Gasteiger partial charge in [-0.25, -0.2) is 0 Å². The molecule has 6 heteroatoms. The van der Waals surface area contributed by atoms with Crippen LogP contribution in [-0.4, -0.2) is 11.8 Å². The number of carbonyl (C=O) groups is 2. The van der Waals surface area contributed by atoms with Crippen LogP contribution in [0.2, 0.25) is 5.02 Å². The minimum absolute atomic E-state index is 0.165. The second kappa shape index (κ2) is 6.28. The number of anilines is 1. The quantitative estimate of drug-likeness (QED) is 0.867. The Hall–Kier alpha value is -1.85. The van der Waals surface area contributed by atoms with Gasteiger partial charge in [-0.15, -0.1) is 0 Å². The molecule has 0 saturated carbocycles. The number of hydrogen-bond acceptors (Lipinski definition) is 2. The minimum atomic E-state index is -0.646. The van der Waals surface area contributed by atoms with Crippen LogP contribution in [0.3, 0.4) is 0 Å². The van der Waals surface area contributed by atoms with Crippen molar-refractivity contribution < 1.29 is 9.59 Å². The summed E-state index contributed by atoms with van der Waals surface area (Å²) in [6.07, 6.45) is 0. The lowest BCUT2D eigenvalue weighted by Crippen LogP contribution is -2.15. The van der Waals surface area contributed by atoms with Crippen molar-refractivity contribution in [2.75, 3.05) is 5.32 Å². The molecule has 2 aromatic rings. The van der Waals surface area contributed by atoms with Crippen LogP contribution < -0.4 is 11.1 Å². The van der Waals surface area contributed by atoms with Crippen LogP contribution in [0, 0.1) is 6.92 Å². The molecule has 0 saturated heterocycles. The number of halogens is 2. The predicted octanol–water partition coefficient (Wildman–Crippen LogP) is 3.76. The Morgan fingerprint density at radius 1 is 1.19 bits per heavy atom. The summed E-state index contributed by atoms with van der Waals surface area (Å²) >= 11 is 9.26. The first-order valence-corrected chi connectivity index (χ1v) is 7.23. The Bertz CT molecular complexity index is 732. The second-order valence-corrected chi connectivity index (χ2v) is 5.65. The molecule has 0 heterocycles.